The lowest BCUT2D eigenvalue weighted by Gasteiger charge is -2.02. The molecule has 1 aromatic heterocycles. The zero-order chi connectivity index (χ0) is 17.4. The molecule has 0 spiro atoms. The summed E-state index contributed by atoms with van der Waals surface area (Å²) in [7, 11) is 1.34. The maximum Gasteiger partial charge on any atom is 0.316 e. The monoisotopic (exact) mass is 383 g/mol. The second kappa shape index (κ2) is 9.65. The van der Waals surface area contributed by atoms with E-state index in [0.717, 1.165) is 4.90 Å². The van der Waals surface area contributed by atoms with Crippen molar-refractivity contribution in [1.29, 1.82) is 0 Å². The predicted molar refractivity (Wildman–Crippen MR) is 97.8 cm³/mol. The molecular weight excluding hydrogens is 366 g/mol. The van der Waals surface area contributed by atoms with E-state index in [9.17, 15) is 9.59 Å². The first-order chi connectivity index (χ1) is 11.6. The first kappa shape index (κ1) is 18.8. The fourth-order valence-corrected chi connectivity index (χ4v) is 4.03. The van der Waals surface area contributed by atoms with Crippen molar-refractivity contribution in [2.45, 2.75) is 22.6 Å². The number of thioether (sulfide) groups is 2. The van der Waals surface area contributed by atoms with E-state index in [0.29, 0.717) is 21.6 Å². The summed E-state index contributed by atoms with van der Waals surface area (Å²) in [5, 5.41) is 11.0. The number of methoxy groups -OCH3 is 1. The van der Waals surface area contributed by atoms with Gasteiger partial charge in [0.05, 0.1) is 12.9 Å². The molecule has 2 aromatic rings. The van der Waals surface area contributed by atoms with Crippen molar-refractivity contribution in [2.75, 3.05) is 23.9 Å². The summed E-state index contributed by atoms with van der Waals surface area (Å²) in [6.07, 6.45) is 0.392. The van der Waals surface area contributed by atoms with Crippen LogP contribution >= 0.6 is 34.9 Å². The van der Waals surface area contributed by atoms with Gasteiger partial charge in [0, 0.05) is 17.1 Å². The Hall–Kier alpha value is -1.58. The van der Waals surface area contributed by atoms with Gasteiger partial charge in [-0.2, -0.15) is 0 Å². The average molecular weight is 384 g/mol. The lowest BCUT2D eigenvalue weighted by molar-refractivity contribution is -0.137. The quantitative estimate of drug-likeness (QED) is 0.426. The number of nitrogens with one attached hydrogen (secondary N) is 1. The third-order valence-corrected chi connectivity index (χ3v) is 5.77. The molecule has 24 heavy (non-hydrogen) atoms. The molecule has 0 unspecified atom stereocenters. The van der Waals surface area contributed by atoms with Gasteiger partial charge in [0.2, 0.25) is 11.0 Å². The molecule has 0 aliphatic heterocycles. The Bertz CT molecular complexity index is 689. The molecule has 0 fully saturated rings. The molecule has 0 aliphatic rings. The number of ether oxygens (including phenoxy) is 1. The third kappa shape index (κ3) is 6.50. The van der Waals surface area contributed by atoms with Crippen LogP contribution in [-0.2, 0) is 14.3 Å². The number of carbonyl (C=O) groups is 2. The van der Waals surface area contributed by atoms with Gasteiger partial charge in [-0.1, -0.05) is 40.8 Å². The Morgan fingerprint density at radius 3 is 2.67 bits per heavy atom. The second-order valence-electron chi connectivity index (χ2n) is 4.70. The number of benzene rings is 1. The summed E-state index contributed by atoms with van der Waals surface area (Å²) in [5.41, 5.74) is 1.22. The van der Waals surface area contributed by atoms with Gasteiger partial charge in [-0.15, -0.1) is 22.0 Å². The number of anilines is 1. The minimum atomic E-state index is -0.325. The molecule has 1 amide bonds. The van der Waals surface area contributed by atoms with Gasteiger partial charge < -0.3 is 10.1 Å². The number of nitrogens with zero attached hydrogens (tertiary/aromatic N) is 2. The highest BCUT2D eigenvalue weighted by atomic mass is 32.2. The van der Waals surface area contributed by atoms with Gasteiger partial charge in [-0.25, -0.2) is 0 Å². The Labute approximate surface area is 152 Å². The van der Waals surface area contributed by atoms with Crippen LogP contribution in [0.3, 0.4) is 0 Å². The zero-order valence-electron chi connectivity index (χ0n) is 13.3. The molecule has 9 heteroatoms. The summed E-state index contributed by atoms with van der Waals surface area (Å²) in [5.74, 6) is 0.438. The molecule has 1 heterocycles. The number of hydrogen-bond donors (Lipinski definition) is 1. The van der Waals surface area contributed by atoms with E-state index < -0.39 is 0 Å². The van der Waals surface area contributed by atoms with E-state index in [1.165, 1.54) is 35.8 Å². The van der Waals surface area contributed by atoms with Crippen LogP contribution in [0.5, 0.6) is 0 Å². The van der Waals surface area contributed by atoms with Gasteiger partial charge in [-0.05, 0) is 19.1 Å². The number of aryl methyl sites for hydroxylation is 1. The number of amides is 1. The van der Waals surface area contributed by atoms with E-state index >= 15 is 0 Å². The lowest BCUT2D eigenvalue weighted by Crippen LogP contribution is -2.11. The van der Waals surface area contributed by atoms with Crippen molar-refractivity contribution < 1.29 is 14.3 Å². The number of hydrogen-bond acceptors (Lipinski definition) is 8. The van der Waals surface area contributed by atoms with E-state index in [-0.39, 0.29) is 17.6 Å². The average Bonchev–Trinajstić information content (AvgIpc) is 3.01. The minimum Gasteiger partial charge on any atom is -0.468 e. The highest BCUT2D eigenvalue weighted by molar-refractivity contribution is 8.01. The summed E-state index contributed by atoms with van der Waals surface area (Å²) in [6, 6.07) is 8.20. The van der Waals surface area contributed by atoms with Crippen LogP contribution < -0.4 is 5.32 Å². The summed E-state index contributed by atoms with van der Waals surface area (Å²) in [4.78, 5) is 24.1. The maximum absolute atomic E-state index is 11.9. The van der Waals surface area contributed by atoms with E-state index in [2.05, 4.69) is 32.4 Å². The van der Waals surface area contributed by atoms with Crippen molar-refractivity contribution in [3.63, 3.8) is 0 Å². The standard InChI is InChI=1S/C15H17N3O3S3/c1-10-3-5-11(6-4-10)22-8-7-12(19)16-14-17-18-15(24-14)23-9-13(20)21-2/h3-6H,7-9H2,1-2H3,(H,16,17,19). The van der Waals surface area contributed by atoms with Gasteiger partial charge in [0.15, 0.2) is 4.34 Å². The number of carbonyl (C=O) groups excluding carboxylic acids is 2. The van der Waals surface area contributed by atoms with Crippen molar-refractivity contribution in [3.8, 4) is 0 Å². The summed E-state index contributed by atoms with van der Waals surface area (Å²) in [6.45, 7) is 2.04. The Morgan fingerprint density at radius 2 is 1.96 bits per heavy atom. The number of aromatic nitrogens is 2. The van der Waals surface area contributed by atoms with E-state index in [1.54, 1.807) is 11.8 Å². The van der Waals surface area contributed by atoms with Crippen molar-refractivity contribution in [1.82, 2.24) is 10.2 Å². The molecule has 0 saturated carbocycles. The van der Waals surface area contributed by atoms with Gasteiger partial charge >= 0.3 is 5.97 Å². The highest BCUT2D eigenvalue weighted by Crippen LogP contribution is 2.26. The van der Waals surface area contributed by atoms with Gasteiger partial charge in [0.1, 0.15) is 0 Å². The van der Waals surface area contributed by atoms with Crippen molar-refractivity contribution >= 4 is 51.9 Å². The summed E-state index contributed by atoms with van der Waals surface area (Å²) < 4.78 is 5.17. The molecule has 6 nitrogen and oxygen atoms in total. The molecule has 128 valence electrons. The van der Waals surface area contributed by atoms with Crippen LogP contribution in [0.2, 0.25) is 0 Å². The molecule has 1 N–H and O–H groups in total. The molecule has 0 radical (unpaired) electrons. The maximum atomic E-state index is 11.9. The van der Waals surface area contributed by atoms with Gasteiger partial charge in [-0.3, -0.25) is 9.59 Å². The van der Waals surface area contributed by atoms with Crippen molar-refractivity contribution in [2.24, 2.45) is 0 Å². The second-order valence-corrected chi connectivity index (χ2v) is 8.07. The fourth-order valence-electron chi connectivity index (χ4n) is 1.58. The number of rotatable bonds is 8. The highest BCUT2D eigenvalue weighted by Gasteiger charge is 2.10. The lowest BCUT2D eigenvalue weighted by atomic mass is 10.2. The van der Waals surface area contributed by atoms with Crippen LogP contribution in [0.4, 0.5) is 5.13 Å². The molecular formula is C15H17N3O3S3. The predicted octanol–water partition coefficient (Wildman–Crippen LogP) is 3.23. The van der Waals surface area contributed by atoms with E-state index in [1.807, 2.05) is 19.1 Å². The molecule has 0 saturated heterocycles. The topological polar surface area (TPSA) is 81.2 Å². The normalized spacial score (nSPS) is 10.4. The molecule has 0 bridgehead atoms. The van der Waals surface area contributed by atoms with Crippen molar-refractivity contribution in [3.05, 3.63) is 29.8 Å². The fraction of sp³-hybridized carbons (Fsp3) is 0.333. The van der Waals surface area contributed by atoms with Crippen LogP contribution in [0.25, 0.3) is 0 Å². The Balaban J connectivity index is 1.71. The first-order valence-corrected chi connectivity index (χ1v) is 9.88. The third-order valence-electron chi connectivity index (χ3n) is 2.81. The van der Waals surface area contributed by atoms with E-state index in [4.69, 9.17) is 0 Å². The smallest absolute Gasteiger partial charge is 0.316 e. The molecule has 0 aliphatic carbocycles. The number of esters is 1. The van der Waals surface area contributed by atoms with Crippen LogP contribution in [-0.4, -0.2) is 40.7 Å². The first-order valence-electron chi connectivity index (χ1n) is 7.09. The van der Waals surface area contributed by atoms with Crippen LogP contribution in [0.15, 0.2) is 33.5 Å². The molecule has 0 atom stereocenters. The zero-order valence-corrected chi connectivity index (χ0v) is 15.7. The Morgan fingerprint density at radius 1 is 1.21 bits per heavy atom. The largest absolute Gasteiger partial charge is 0.468 e. The minimum absolute atomic E-state index is 0.102. The van der Waals surface area contributed by atoms with Crippen LogP contribution in [0, 0.1) is 6.92 Å². The molecule has 2 rings (SSSR count). The molecule has 1 aromatic carbocycles. The Kier molecular flexibility index (Phi) is 7.54. The SMILES string of the molecule is COC(=O)CSc1nnc(NC(=O)CCSc2ccc(C)cc2)s1. The van der Waals surface area contributed by atoms with Crippen LogP contribution in [0.1, 0.15) is 12.0 Å². The van der Waals surface area contributed by atoms with Gasteiger partial charge in [0.25, 0.3) is 0 Å². The summed E-state index contributed by atoms with van der Waals surface area (Å²) >= 11 is 4.11.